The molecule has 1 rings (SSSR count). The molecule has 0 spiro atoms. The zero-order valence-corrected chi connectivity index (χ0v) is 13.0. The van der Waals surface area contributed by atoms with Gasteiger partial charge >= 0.3 is 0 Å². The van der Waals surface area contributed by atoms with E-state index in [2.05, 4.69) is 10.3 Å². The van der Waals surface area contributed by atoms with Crippen molar-refractivity contribution >= 4 is 11.7 Å². The monoisotopic (exact) mass is 279 g/mol. The second-order valence-electron chi connectivity index (χ2n) is 5.35. The Balaban J connectivity index is 2.61. The number of amides is 1. The first-order valence-corrected chi connectivity index (χ1v) is 7.00. The first-order valence-electron chi connectivity index (χ1n) is 7.00. The highest BCUT2D eigenvalue weighted by molar-refractivity contribution is 5.92. The van der Waals surface area contributed by atoms with Gasteiger partial charge in [-0.25, -0.2) is 4.98 Å². The highest BCUT2D eigenvalue weighted by Gasteiger charge is 2.13. The summed E-state index contributed by atoms with van der Waals surface area (Å²) in [4.78, 5) is 18.2. The number of rotatable bonds is 7. The number of likely N-dealkylation sites (N-methyl/N-ethyl adjacent to an activating group) is 1. The highest BCUT2D eigenvalue weighted by Crippen LogP contribution is 2.08. The minimum atomic E-state index is -0.0928. The van der Waals surface area contributed by atoms with E-state index in [4.69, 9.17) is 4.74 Å². The van der Waals surface area contributed by atoms with E-state index in [1.54, 1.807) is 18.0 Å². The van der Waals surface area contributed by atoms with Crippen LogP contribution in [0, 0.1) is 0 Å². The lowest BCUT2D eigenvalue weighted by atomic mass is 10.3. The number of nitrogens with zero attached hydrogens (tertiary/aromatic N) is 2. The Morgan fingerprint density at radius 2 is 2.05 bits per heavy atom. The maximum atomic E-state index is 12.2. The predicted molar refractivity (Wildman–Crippen MR) is 81.0 cm³/mol. The summed E-state index contributed by atoms with van der Waals surface area (Å²) in [5.74, 6) is 0.627. The van der Waals surface area contributed by atoms with Crippen LogP contribution in [0.1, 0.15) is 38.2 Å². The van der Waals surface area contributed by atoms with Gasteiger partial charge in [-0.05, 0) is 39.8 Å². The third-order valence-corrected chi connectivity index (χ3v) is 2.63. The van der Waals surface area contributed by atoms with Gasteiger partial charge in [0, 0.05) is 19.6 Å². The lowest BCUT2D eigenvalue weighted by molar-refractivity contribution is 0.0529. The molecule has 0 aromatic carbocycles. The van der Waals surface area contributed by atoms with Crippen molar-refractivity contribution in [3.05, 3.63) is 23.9 Å². The largest absolute Gasteiger partial charge is 0.377 e. The molecule has 20 heavy (non-hydrogen) atoms. The maximum Gasteiger partial charge on any atom is 0.272 e. The number of ether oxygens (including phenoxy) is 1. The lowest BCUT2D eigenvalue weighted by Crippen LogP contribution is -2.31. The Hall–Kier alpha value is -1.62. The van der Waals surface area contributed by atoms with E-state index >= 15 is 0 Å². The molecule has 112 valence electrons. The van der Waals surface area contributed by atoms with Crippen LogP contribution in [0.2, 0.25) is 0 Å². The first kappa shape index (κ1) is 16.4. The van der Waals surface area contributed by atoms with Gasteiger partial charge in [-0.15, -0.1) is 0 Å². The number of carbonyl (C=O) groups excluding carboxylic acids is 1. The predicted octanol–water partition coefficient (Wildman–Crippen LogP) is 2.40. The van der Waals surface area contributed by atoms with Crippen LogP contribution < -0.4 is 5.32 Å². The molecule has 1 N–H and O–H groups in total. The summed E-state index contributed by atoms with van der Waals surface area (Å²) >= 11 is 0. The second-order valence-corrected chi connectivity index (χ2v) is 5.35. The second kappa shape index (κ2) is 7.85. The molecular weight excluding hydrogens is 254 g/mol. The Morgan fingerprint density at radius 3 is 2.65 bits per heavy atom. The fourth-order valence-corrected chi connectivity index (χ4v) is 1.65. The zero-order valence-electron chi connectivity index (χ0n) is 13.0. The number of nitrogens with one attached hydrogen (secondary N) is 1. The van der Waals surface area contributed by atoms with Gasteiger partial charge in [-0.2, -0.15) is 0 Å². The number of anilines is 1. The molecule has 5 nitrogen and oxygen atoms in total. The third-order valence-electron chi connectivity index (χ3n) is 2.63. The van der Waals surface area contributed by atoms with E-state index in [-0.39, 0.29) is 18.1 Å². The smallest absolute Gasteiger partial charge is 0.272 e. The van der Waals surface area contributed by atoms with Gasteiger partial charge in [0.2, 0.25) is 0 Å². The van der Waals surface area contributed by atoms with Gasteiger partial charge in [0.05, 0.1) is 12.7 Å². The summed E-state index contributed by atoms with van der Waals surface area (Å²) in [5.41, 5.74) is 0.447. The van der Waals surface area contributed by atoms with E-state index in [9.17, 15) is 4.79 Å². The molecule has 0 aliphatic carbocycles. The fourth-order valence-electron chi connectivity index (χ4n) is 1.65. The molecule has 0 fully saturated rings. The van der Waals surface area contributed by atoms with E-state index < -0.39 is 0 Å². The standard InChI is InChI=1S/C15H25N3O2/c1-11(2)16-14-8-6-7-13(17-14)15(19)18(5)9-10-20-12(3)4/h6-8,11-12H,9-10H2,1-5H3,(H,16,17). The molecule has 0 aliphatic heterocycles. The van der Waals surface area contributed by atoms with Gasteiger partial charge in [-0.1, -0.05) is 6.07 Å². The van der Waals surface area contributed by atoms with Crippen LogP contribution in [0.15, 0.2) is 18.2 Å². The molecule has 1 aromatic heterocycles. The van der Waals surface area contributed by atoms with Crippen molar-refractivity contribution in [3.63, 3.8) is 0 Å². The van der Waals surface area contributed by atoms with Crippen LogP contribution in [0.25, 0.3) is 0 Å². The van der Waals surface area contributed by atoms with Gasteiger partial charge in [0.1, 0.15) is 11.5 Å². The summed E-state index contributed by atoms with van der Waals surface area (Å²) in [6, 6.07) is 5.71. The summed E-state index contributed by atoms with van der Waals surface area (Å²) in [7, 11) is 1.76. The van der Waals surface area contributed by atoms with E-state index in [1.165, 1.54) is 0 Å². The molecule has 0 saturated carbocycles. The molecule has 0 radical (unpaired) electrons. The maximum absolute atomic E-state index is 12.2. The van der Waals surface area contributed by atoms with Crippen molar-refractivity contribution in [2.75, 3.05) is 25.5 Å². The Bertz CT molecular complexity index is 433. The van der Waals surface area contributed by atoms with Crippen molar-refractivity contribution in [2.24, 2.45) is 0 Å². The third kappa shape index (κ3) is 5.57. The topological polar surface area (TPSA) is 54.5 Å². The van der Waals surface area contributed by atoms with E-state index in [0.29, 0.717) is 18.8 Å². The fraction of sp³-hybridized carbons (Fsp3) is 0.600. The Labute approximate surface area is 121 Å². The Morgan fingerprint density at radius 1 is 1.35 bits per heavy atom. The number of hydrogen-bond acceptors (Lipinski definition) is 4. The van der Waals surface area contributed by atoms with Crippen LogP contribution in [0.5, 0.6) is 0 Å². The van der Waals surface area contributed by atoms with Crippen molar-refractivity contribution in [1.29, 1.82) is 0 Å². The average molecular weight is 279 g/mol. The average Bonchev–Trinajstić information content (AvgIpc) is 2.36. The van der Waals surface area contributed by atoms with Crippen LogP contribution in [-0.4, -0.2) is 48.1 Å². The van der Waals surface area contributed by atoms with Crippen molar-refractivity contribution in [2.45, 2.75) is 39.8 Å². The molecule has 0 aliphatic rings. The molecule has 1 aromatic rings. The molecule has 5 heteroatoms. The molecule has 0 unspecified atom stereocenters. The van der Waals surface area contributed by atoms with Gasteiger partial charge < -0.3 is 15.0 Å². The van der Waals surface area contributed by atoms with Gasteiger partial charge in [0.15, 0.2) is 0 Å². The summed E-state index contributed by atoms with van der Waals surface area (Å²) < 4.78 is 5.45. The van der Waals surface area contributed by atoms with Crippen LogP contribution in [0.4, 0.5) is 5.82 Å². The quantitative estimate of drug-likeness (QED) is 0.832. The molecule has 0 bridgehead atoms. The van der Waals surface area contributed by atoms with Gasteiger partial charge in [-0.3, -0.25) is 4.79 Å². The van der Waals surface area contributed by atoms with Crippen molar-refractivity contribution < 1.29 is 9.53 Å². The summed E-state index contributed by atoms with van der Waals surface area (Å²) in [6.45, 7) is 9.11. The van der Waals surface area contributed by atoms with E-state index in [1.807, 2.05) is 39.8 Å². The lowest BCUT2D eigenvalue weighted by Gasteiger charge is -2.18. The van der Waals surface area contributed by atoms with Gasteiger partial charge in [0.25, 0.3) is 5.91 Å². The number of aromatic nitrogens is 1. The highest BCUT2D eigenvalue weighted by atomic mass is 16.5. The van der Waals surface area contributed by atoms with E-state index in [0.717, 1.165) is 5.82 Å². The number of pyridine rings is 1. The zero-order chi connectivity index (χ0) is 15.1. The minimum absolute atomic E-state index is 0.0928. The molecular formula is C15H25N3O2. The number of carbonyl (C=O) groups is 1. The number of hydrogen-bond donors (Lipinski definition) is 1. The normalized spacial score (nSPS) is 10.9. The van der Waals surface area contributed by atoms with Crippen LogP contribution >= 0.6 is 0 Å². The molecule has 0 atom stereocenters. The SMILES string of the molecule is CC(C)Nc1cccc(C(=O)N(C)CCOC(C)C)n1. The summed E-state index contributed by atoms with van der Waals surface area (Å²) in [5, 5.41) is 3.19. The minimum Gasteiger partial charge on any atom is -0.377 e. The molecule has 1 amide bonds. The summed E-state index contributed by atoms with van der Waals surface area (Å²) in [6.07, 6.45) is 0.176. The van der Waals surface area contributed by atoms with Crippen LogP contribution in [0.3, 0.4) is 0 Å². The molecule has 1 heterocycles. The Kier molecular flexibility index (Phi) is 6.45. The van der Waals surface area contributed by atoms with Crippen molar-refractivity contribution in [1.82, 2.24) is 9.88 Å². The molecule has 0 saturated heterocycles. The van der Waals surface area contributed by atoms with Crippen LogP contribution in [-0.2, 0) is 4.74 Å². The first-order chi connectivity index (χ1) is 9.40. The van der Waals surface area contributed by atoms with Crippen molar-refractivity contribution in [3.8, 4) is 0 Å².